The maximum Gasteiger partial charge on any atom is 0.327 e. The number of carbonyl (C=O) groups excluding carboxylic acids is 1. The highest BCUT2D eigenvalue weighted by atomic mass is 35.5. The van der Waals surface area contributed by atoms with Crippen molar-refractivity contribution in [3.05, 3.63) is 34.6 Å². The normalized spacial score (nSPS) is 12.2. The molecule has 0 spiro atoms. The Hall–Kier alpha value is -1.13. The summed E-state index contributed by atoms with van der Waals surface area (Å²) in [5, 5.41) is 2.97. The van der Waals surface area contributed by atoms with Crippen LogP contribution in [0.15, 0.2) is 18.2 Å². The minimum absolute atomic E-state index is 0.0000898. The third-order valence-corrected chi connectivity index (χ3v) is 2.71. The number of rotatable bonds is 6. The van der Waals surface area contributed by atoms with Gasteiger partial charge in [0.05, 0.1) is 11.6 Å². The van der Waals surface area contributed by atoms with Crippen molar-refractivity contribution < 1.29 is 13.9 Å². The largest absolute Gasteiger partial charge is 0.465 e. The molecule has 0 aliphatic rings. The van der Waals surface area contributed by atoms with Crippen LogP contribution < -0.4 is 5.32 Å². The second-order valence-electron chi connectivity index (χ2n) is 3.78. The van der Waals surface area contributed by atoms with E-state index in [1.807, 2.05) is 6.92 Å². The Balaban J connectivity index is 3.01. The average Bonchev–Trinajstić information content (AvgIpc) is 2.35. The lowest BCUT2D eigenvalue weighted by Crippen LogP contribution is -2.31. The van der Waals surface area contributed by atoms with Crippen molar-refractivity contribution in [2.45, 2.75) is 26.3 Å². The second kappa shape index (κ2) is 7.34. The third kappa shape index (κ3) is 3.68. The molecule has 0 fully saturated rings. The summed E-state index contributed by atoms with van der Waals surface area (Å²) in [7, 11) is 0. The number of hydrogen-bond acceptors (Lipinski definition) is 3. The van der Waals surface area contributed by atoms with Crippen LogP contribution in [0.1, 0.15) is 31.9 Å². The molecule has 0 aliphatic carbocycles. The van der Waals surface area contributed by atoms with E-state index in [2.05, 4.69) is 5.32 Å². The summed E-state index contributed by atoms with van der Waals surface area (Å²) in [5.41, 5.74) is 0.217. The monoisotopic (exact) mass is 273 g/mol. The summed E-state index contributed by atoms with van der Waals surface area (Å²) < 4.78 is 18.8. The van der Waals surface area contributed by atoms with Crippen LogP contribution in [-0.2, 0) is 9.53 Å². The van der Waals surface area contributed by atoms with Crippen molar-refractivity contribution in [2.75, 3.05) is 13.2 Å². The molecule has 1 atom stereocenters. The SMILES string of the molecule is CCCNC(C(=O)OCC)c1cccc(Cl)c1F. The summed E-state index contributed by atoms with van der Waals surface area (Å²) in [4.78, 5) is 11.8. The Bertz CT molecular complexity index is 412. The minimum atomic E-state index is -0.816. The number of nitrogens with one attached hydrogen (secondary N) is 1. The zero-order valence-electron chi connectivity index (χ0n) is 10.5. The molecule has 0 radical (unpaired) electrons. The van der Waals surface area contributed by atoms with Crippen LogP contribution in [0.5, 0.6) is 0 Å². The van der Waals surface area contributed by atoms with E-state index in [-0.39, 0.29) is 17.2 Å². The van der Waals surface area contributed by atoms with Crippen LogP contribution in [0.4, 0.5) is 4.39 Å². The molecule has 0 heterocycles. The molecule has 1 unspecified atom stereocenters. The number of esters is 1. The van der Waals surface area contributed by atoms with Crippen molar-refractivity contribution in [3.63, 3.8) is 0 Å². The third-order valence-electron chi connectivity index (χ3n) is 2.41. The number of halogens is 2. The van der Waals surface area contributed by atoms with Gasteiger partial charge in [-0.15, -0.1) is 0 Å². The highest BCUT2D eigenvalue weighted by molar-refractivity contribution is 6.30. The van der Waals surface area contributed by atoms with E-state index in [0.29, 0.717) is 6.54 Å². The molecule has 0 amide bonds. The standard InChI is InChI=1S/C13H17ClFNO2/c1-3-8-16-12(13(17)18-4-2)9-6-5-7-10(14)11(9)15/h5-7,12,16H,3-4,8H2,1-2H3. The van der Waals surface area contributed by atoms with E-state index < -0.39 is 17.8 Å². The first-order chi connectivity index (χ1) is 8.61. The van der Waals surface area contributed by atoms with Gasteiger partial charge in [0.1, 0.15) is 11.9 Å². The molecule has 1 rings (SSSR count). The van der Waals surface area contributed by atoms with Gasteiger partial charge < -0.3 is 10.1 Å². The van der Waals surface area contributed by atoms with E-state index in [1.54, 1.807) is 13.0 Å². The predicted octanol–water partition coefficient (Wildman–Crippen LogP) is 3.08. The molecule has 5 heteroatoms. The van der Waals surface area contributed by atoms with Gasteiger partial charge >= 0.3 is 5.97 Å². The summed E-state index contributed by atoms with van der Waals surface area (Å²) >= 11 is 5.72. The van der Waals surface area contributed by atoms with Crippen LogP contribution >= 0.6 is 11.6 Å². The molecular formula is C13H17ClFNO2. The molecule has 3 nitrogen and oxygen atoms in total. The first-order valence-corrected chi connectivity index (χ1v) is 6.33. The highest BCUT2D eigenvalue weighted by Gasteiger charge is 2.25. The molecule has 0 bridgehead atoms. The Labute approximate surface area is 111 Å². The van der Waals surface area contributed by atoms with Gasteiger partial charge in [0.2, 0.25) is 0 Å². The molecule has 1 N–H and O–H groups in total. The van der Waals surface area contributed by atoms with E-state index >= 15 is 0 Å². The van der Waals surface area contributed by atoms with Gasteiger partial charge in [-0.1, -0.05) is 30.7 Å². The van der Waals surface area contributed by atoms with Crippen LogP contribution in [0, 0.1) is 5.82 Å². The van der Waals surface area contributed by atoms with Gasteiger partial charge in [0, 0.05) is 5.56 Å². The lowest BCUT2D eigenvalue weighted by atomic mass is 10.1. The topological polar surface area (TPSA) is 38.3 Å². The summed E-state index contributed by atoms with van der Waals surface area (Å²) in [6.45, 7) is 4.52. The molecule has 0 aromatic heterocycles. The summed E-state index contributed by atoms with van der Waals surface area (Å²) in [6, 6.07) is 3.78. The van der Waals surface area contributed by atoms with Crippen LogP contribution in [0.2, 0.25) is 5.02 Å². The van der Waals surface area contributed by atoms with E-state index in [4.69, 9.17) is 16.3 Å². The lowest BCUT2D eigenvalue weighted by molar-refractivity contribution is -0.145. The smallest absolute Gasteiger partial charge is 0.327 e. The molecular weight excluding hydrogens is 257 g/mol. The Morgan fingerprint density at radius 1 is 1.50 bits per heavy atom. The van der Waals surface area contributed by atoms with Gasteiger partial charge in [-0.25, -0.2) is 9.18 Å². The number of ether oxygens (including phenoxy) is 1. The van der Waals surface area contributed by atoms with Gasteiger partial charge in [-0.05, 0) is 26.0 Å². The first kappa shape index (κ1) is 14.9. The molecule has 1 aromatic rings. The zero-order valence-corrected chi connectivity index (χ0v) is 11.3. The van der Waals surface area contributed by atoms with Crippen molar-refractivity contribution in [3.8, 4) is 0 Å². The van der Waals surface area contributed by atoms with E-state index in [0.717, 1.165) is 6.42 Å². The molecule has 100 valence electrons. The summed E-state index contributed by atoms with van der Waals surface area (Å²) in [5.74, 6) is -1.08. The van der Waals surface area contributed by atoms with Crippen LogP contribution in [-0.4, -0.2) is 19.1 Å². The second-order valence-corrected chi connectivity index (χ2v) is 4.19. The molecule has 18 heavy (non-hydrogen) atoms. The minimum Gasteiger partial charge on any atom is -0.465 e. The average molecular weight is 274 g/mol. The van der Waals surface area contributed by atoms with Crippen LogP contribution in [0.3, 0.4) is 0 Å². The number of benzene rings is 1. The fourth-order valence-electron chi connectivity index (χ4n) is 1.58. The van der Waals surface area contributed by atoms with Crippen molar-refractivity contribution >= 4 is 17.6 Å². The maximum absolute atomic E-state index is 13.9. The van der Waals surface area contributed by atoms with E-state index in [1.165, 1.54) is 12.1 Å². The Morgan fingerprint density at radius 2 is 2.22 bits per heavy atom. The van der Waals surface area contributed by atoms with Crippen molar-refractivity contribution in [1.29, 1.82) is 0 Å². The van der Waals surface area contributed by atoms with Crippen molar-refractivity contribution in [1.82, 2.24) is 5.32 Å². The quantitative estimate of drug-likeness (QED) is 0.810. The molecule has 0 aliphatic heterocycles. The van der Waals surface area contributed by atoms with Gasteiger partial charge in [0.15, 0.2) is 0 Å². The van der Waals surface area contributed by atoms with E-state index in [9.17, 15) is 9.18 Å². The highest BCUT2D eigenvalue weighted by Crippen LogP contribution is 2.24. The van der Waals surface area contributed by atoms with Gasteiger partial charge in [0.25, 0.3) is 0 Å². The number of carbonyl (C=O) groups is 1. The van der Waals surface area contributed by atoms with Gasteiger partial charge in [-0.3, -0.25) is 0 Å². The van der Waals surface area contributed by atoms with Crippen LogP contribution in [0.25, 0.3) is 0 Å². The predicted molar refractivity (Wildman–Crippen MR) is 69.1 cm³/mol. The summed E-state index contributed by atoms with van der Waals surface area (Å²) in [6.07, 6.45) is 0.831. The first-order valence-electron chi connectivity index (χ1n) is 5.95. The fraction of sp³-hybridized carbons (Fsp3) is 0.462. The van der Waals surface area contributed by atoms with Gasteiger partial charge in [-0.2, -0.15) is 0 Å². The maximum atomic E-state index is 13.9. The molecule has 0 saturated heterocycles. The molecule has 0 saturated carbocycles. The molecule has 1 aromatic carbocycles. The Kier molecular flexibility index (Phi) is 6.09. The zero-order chi connectivity index (χ0) is 13.5. The van der Waals surface area contributed by atoms with Crippen molar-refractivity contribution in [2.24, 2.45) is 0 Å². The number of hydrogen-bond donors (Lipinski definition) is 1. The lowest BCUT2D eigenvalue weighted by Gasteiger charge is -2.18. The Morgan fingerprint density at radius 3 is 2.83 bits per heavy atom. The fourth-order valence-corrected chi connectivity index (χ4v) is 1.76.